The molecule has 1 saturated heterocycles. The maximum atomic E-state index is 12.9. The predicted molar refractivity (Wildman–Crippen MR) is 120 cm³/mol. The van der Waals surface area contributed by atoms with E-state index in [4.69, 9.17) is 0 Å². The number of nitrogens with one attached hydrogen (secondary N) is 2. The largest absolute Gasteiger partial charge is 0.356 e. The van der Waals surface area contributed by atoms with Gasteiger partial charge in [0.15, 0.2) is 0 Å². The summed E-state index contributed by atoms with van der Waals surface area (Å²) in [5.41, 5.74) is 2.86. The van der Waals surface area contributed by atoms with Crippen LogP contribution in [0.3, 0.4) is 0 Å². The third-order valence-electron chi connectivity index (χ3n) is 5.80. The van der Waals surface area contributed by atoms with Crippen molar-refractivity contribution < 1.29 is 14.4 Å². The number of rotatable bonds is 4. The van der Waals surface area contributed by atoms with Crippen LogP contribution in [0.1, 0.15) is 47.2 Å². The van der Waals surface area contributed by atoms with Crippen molar-refractivity contribution in [3.8, 4) is 0 Å². The van der Waals surface area contributed by atoms with Crippen LogP contribution in [-0.4, -0.2) is 42.3 Å². The quantitative estimate of drug-likeness (QED) is 0.796. The fourth-order valence-corrected chi connectivity index (χ4v) is 3.86. The third-order valence-corrected chi connectivity index (χ3v) is 5.80. The van der Waals surface area contributed by atoms with E-state index in [2.05, 4.69) is 10.6 Å². The number of hydrogen-bond donors (Lipinski definition) is 2. The average Bonchev–Trinajstić information content (AvgIpc) is 2.83. The van der Waals surface area contributed by atoms with E-state index in [9.17, 15) is 14.4 Å². The number of carbonyl (C=O) groups excluding carboxylic acids is 3. The number of hydrogen-bond acceptors (Lipinski definition) is 3. The van der Waals surface area contributed by atoms with Crippen molar-refractivity contribution in [3.05, 3.63) is 71.3 Å². The molecule has 0 spiro atoms. The van der Waals surface area contributed by atoms with Gasteiger partial charge in [-0.1, -0.05) is 42.5 Å². The molecule has 6 heteroatoms. The molecule has 1 fully saturated rings. The minimum atomic E-state index is -0.198. The standard InChI is InChI=1S/C25H31N3O3/c1-19-8-5-6-11-22(19)18-27-24(30)20-12-7-16-28(17-14-23(29)26-15-13-20)25(31)21-9-3-2-4-10-21/h2-6,8-11,20H,7,12-18H2,1H3,(H,26,29)(H,27,30). The Bertz CT molecular complexity index is 898. The van der Waals surface area contributed by atoms with Gasteiger partial charge >= 0.3 is 0 Å². The summed E-state index contributed by atoms with van der Waals surface area (Å²) in [6.07, 6.45) is 2.25. The predicted octanol–water partition coefficient (Wildman–Crippen LogP) is 3.06. The molecule has 0 bridgehead atoms. The number of benzene rings is 2. The van der Waals surface area contributed by atoms with Gasteiger partial charge in [-0.3, -0.25) is 14.4 Å². The van der Waals surface area contributed by atoms with Gasteiger partial charge in [-0.2, -0.15) is 0 Å². The Balaban J connectivity index is 1.62. The highest BCUT2D eigenvalue weighted by molar-refractivity contribution is 5.94. The van der Waals surface area contributed by atoms with Crippen molar-refractivity contribution in [3.63, 3.8) is 0 Å². The highest BCUT2D eigenvalue weighted by Gasteiger charge is 2.22. The lowest BCUT2D eigenvalue weighted by Crippen LogP contribution is -2.35. The van der Waals surface area contributed by atoms with Crippen LogP contribution in [0.5, 0.6) is 0 Å². The summed E-state index contributed by atoms with van der Waals surface area (Å²) in [6.45, 7) is 3.90. The van der Waals surface area contributed by atoms with Gasteiger partial charge in [0.1, 0.15) is 0 Å². The first-order valence-corrected chi connectivity index (χ1v) is 11.0. The molecule has 164 valence electrons. The van der Waals surface area contributed by atoms with E-state index >= 15 is 0 Å². The zero-order valence-electron chi connectivity index (χ0n) is 18.1. The summed E-state index contributed by atoms with van der Waals surface area (Å²) in [7, 11) is 0. The van der Waals surface area contributed by atoms with Gasteiger partial charge in [0, 0.05) is 44.1 Å². The van der Waals surface area contributed by atoms with Crippen molar-refractivity contribution in [1.82, 2.24) is 15.5 Å². The molecule has 1 aliphatic heterocycles. The lowest BCUT2D eigenvalue weighted by atomic mass is 9.97. The van der Waals surface area contributed by atoms with Crippen molar-refractivity contribution in [1.29, 1.82) is 0 Å². The van der Waals surface area contributed by atoms with Gasteiger partial charge in [0.2, 0.25) is 11.8 Å². The zero-order chi connectivity index (χ0) is 22.1. The first kappa shape index (κ1) is 22.5. The maximum absolute atomic E-state index is 12.9. The molecule has 1 heterocycles. The van der Waals surface area contributed by atoms with Crippen molar-refractivity contribution in [2.24, 2.45) is 5.92 Å². The minimum absolute atomic E-state index is 0.00214. The number of carbonyl (C=O) groups is 3. The van der Waals surface area contributed by atoms with Crippen molar-refractivity contribution in [2.75, 3.05) is 19.6 Å². The second-order valence-electron chi connectivity index (χ2n) is 8.03. The zero-order valence-corrected chi connectivity index (χ0v) is 18.1. The Morgan fingerprint density at radius 1 is 1.03 bits per heavy atom. The SMILES string of the molecule is Cc1ccccc1CNC(=O)C1CCCN(C(=O)c2ccccc2)CCC(=O)NCC1. The van der Waals surface area contributed by atoms with Gasteiger partial charge in [-0.25, -0.2) is 0 Å². The van der Waals surface area contributed by atoms with E-state index in [1.807, 2.05) is 49.4 Å². The maximum Gasteiger partial charge on any atom is 0.253 e. The van der Waals surface area contributed by atoms with Gasteiger partial charge in [-0.15, -0.1) is 0 Å². The second-order valence-corrected chi connectivity index (χ2v) is 8.03. The van der Waals surface area contributed by atoms with Crippen LogP contribution in [0.4, 0.5) is 0 Å². The topological polar surface area (TPSA) is 78.5 Å². The van der Waals surface area contributed by atoms with Gasteiger partial charge in [-0.05, 0) is 49.4 Å². The molecule has 0 aliphatic carbocycles. The van der Waals surface area contributed by atoms with E-state index in [0.717, 1.165) is 17.5 Å². The summed E-state index contributed by atoms with van der Waals surface area (Å²) >= 11 is 0. The van der Waals surface area contributed by atoms with Crippen LogP contribution < -0.4 is 10.6 Å². The molecule has 3 rings (SSSR count). The molecule has 2 N–H and O–H groups in total. The Morgan fingerprint density at radius 3 is 2.55 bits per heavy atom. The first-order chi connectivity index (χ1) is 15.0. The highest BCUT2D eigenvalue weighted by atomic mass is 16.2. The summed E-state index contributed by atoms with van der Waals surface area (Å²) in [5, 5.41) is 5.94. The smallest absolute Gasteiger partial charge is 0.253 e. The van der Waals surface area contributed by atoms with E-state index < -0.39 is 0 Å². The molecule has 1 atom stereocenters. The molecule has 0 saturated carbocycles. The van der Waals surface area contributed by atoms with E-state index in [0.29, 0.717) is 44.6 Å². The van der Waals surface area contributed by atoms with E-state index in [-0.39, 0.29) is 30.1 Å². The van der Waals surface area contributed by atoms with Crippen LogP contribution in [0.15, 0.2) is 54.6 Å². The highest BCUT2D eigenvalue weighted by Crippen LogP contribution is 2.16. The van der Waals surface area contributed by atoms with Crippen LogP contribution in [-0.2, 0) is 16.1 Å². The summed E-state index contributed by atoms with van der Waals surface area (Å²) in [6, 6.07) is 17.1. The molecule has 0 radical (unpaired) electrons. The summed E-state index contributed by atoms with van der Waals surface area (Å²) in [4.78, 5) is 39.6. The third kappa shape index (κ3) is 6.67. The van der Waals surface area contributed by atoms with Crippen LogP contribution in [0.2, 0.25) is 0 Å². The average molecular weight is 422 g/mol. The molecule has 1 unspecified atom stereocenters. The van der Waals surface area contributed by atoms with Gasteiger partial charge in [0.25, 0.3) is 5.91 Å². The Hall–Kier alpha value is -3.15. The molecule has 2 aromatic carbocycles. The van der Waals surface area contributed by atoms with Crippen molar-refractivity contribution in [2.45, 2.75) is 39.2 Å². The van der Waals surface area contributed by atoms with Gasteiger partial charge in [0.05, 0.1) is 0 Å². The van der Waals surface area contributed by atoms with E-state index in [1.54, 1.807) is 17.0 Å². The first-order valence-electron chi connectivity index (χ1n) is 11.0. The Labute approximate surface area is 184 Å². The van der Waals surface area contributed by atoms with E-state index in [1.165, 1.54) is 0 Å². The number of nitrogens with zero attached hydrogens (tertiary/aromatic N) is 1. The molecule has 6 nitrogen and oxygen atoms in total. The molecule has 1 aliphatic rings. The fraction of sp³-hybridized carbons (Fsp3) is 0.400. The van der Waals surface area contributed by atoms with Crippen molar-refractivity contribution >= 4 is 17.7 Å². The molecule has 31 heavy (non-hydrogen) atoms. The monoisotopic (exact) mass is 421 g/mol. The molecule has 0 aromatic heterocycles. The fourth-order valence-electron chi connectivity index (χ4n) is 3.86. The Morgan fingerprint density at radius 2 is 1.77 bits per heavy atom. The van der Waals surface area contributed by atoms with Crippen LogP contribution in [0, 0.1) is 12.8 Å². The minimum Gasteiger partial charge on any atom is -0.356 e. The molecular weight excluding hydrogens is 390 g/mol. The number of aryl methyl sites for hydroxylation is 1. The van der Waals surface area contributed by atoms with Crippen LogP contribution in [0.25, 0.3) is 0 Å². The molecule has 2 aromatic rings. The summed E-state index contributed by atoms with van der Waals surface area (Å²) < 4.78 is 0. The number of amides is 3. The lowest BCUT2D eigenvalue weighted by molar-refractivity contribution is -0.126. The normalized spacial score (nSPS) is 17.9. The Kier molecular flexibility index (Phi) is 8.21. The second kappa shape index (κ2) is 11.3. The molecular formula is C25H31N3O3. The van der Waals surface area contributed by atoms with Crippen LogP contribution >= 0.6 is 0 Å². The molecule has 3 amide bonds. The summed E-state index contributed by atoms with van der Waals surface area (Å²) in [5.74, 6) is -0.367. The van der Waals surface area contributed by atoms with Gasteiger partial charge < -0.3 is 15.5 Å². The lowest BCUT2D eigenvalue weighted by Gasteiger charge is -2.23.